The van der Waals surface area contributed by atoms with E-state index in [9.17, 15) is 15.0 Å². The largest absolute Gasteiger partial charge is 0.435 e. The quantitative estimate of drug-likeness (QED) is 0.555. The average Bonchev–Trinajstić information content (AvgIpc) is 2.16. The van der Waals surface area contributed by atoms with E-state index >= 15 is 0 Å². The molecule has 1 heterocycles. The van der Waals surface area contributed by atoms with Crippen molar-refractivity contribution in [1.29, 1.82) is 0 Å². The fraction of sp³-hybridized carbons (Fsp3) is 0.875. The van der Waals surface area contributed by atoms with Crippen molar-refractivity contribution in [3.8, 4) is 0 Å². The van der Waals surface area contributed by atoms with Gasteiger partial charge in [0.2, 0.25) is 6.29 Å². The topological polar surface area (TPSA) is 85.2 Å². The number of rotatable bonds is 3. The van der Waals surface area contributed by atoms with Crippen molar-refractivity contribution < 1.29 is 29.2 Å². The van der Waals surface area contributed by atoms with Gasteiger partial charge in [0.15, 0.2) is 0 Å². The maximum absolute atomic E-state index is 10.1. The predicted molar refractivity (Wildman–Crippen MR) is 44.3 cm³/mol. The summed E-state index contributed by atoms with van der Waals surface area (Å²) in [4.78, 5) is 10.1. The third kappa shape index (κ3) is 2.03. The Bertz CT molecular complexity index is 196. The van der Waals surface area contributed by atoms with Crippen LogP contribution in [0.15, 0.2) is 0 Å². The van der Waals surface area contributed by atoms with Crippen LogP contribution < -0.4 is 0 Å². The summed E-state index contributed by atoms with van der Waals surface area (Å²) in [5, 5.41) is 19.0. The van der Waals surface area contributed by atoms with Gasteiger partial charge in [-0.25, -0.2) is 0 Å². The van der Waals surface area contributed by atoms with Gasteiger partial charge in [-0.3, -0.25) is 4.79 Å². The summed E-state index contributed by atoms with van der Waals surface area (Å²) in [7, 11) is 1.33. The van der Waals surface area contributed by atoms with Crippen LogP contribution in [0.25, 0.3) is 0 Å². The van der Waals surface area contributed by atoms with Crippen molar-refractivity contribution in [3.63, 3.8) is 0 Å². The van der Waals surface area contributed by atoms with Crippen LogP contribution in [0.2, 0.25) is 0 Å². The Morgan fingerprint density at radius 3 is 2.50 bits per heavy atom. The van der Waals surface area contributed by atoms with E-state index in [4.69, 9.17) is 9.47 Å². The Morgan fingerprint density at radius 1 is 1.36 bits per heavy atom. The lowest BCUT2D eigenvalue weighted by atomic mass is 10.00. The van der Waals surface area contributed by atoms with Gasteiger partial charge in [0.05, 0.1) is 6.10 Å². The van der Waals surface area contributed by atoms with Crippen molar-refractivity contribution >= 4 is 6.47 Å². The number of hydrogen-bond acceptors (Lipinski definition) is 6. The third-order valence-corrected chi connectivity index (χ3v) is 2.25. The number of hydrogen-bond donors (Lipinski definition) is 2. The number of aliphatic hydroxyl groups is 2. The summed E-state index contributed by atoms with van der Waals surface area (Å²) in [5.41, 5.74) is 0. The second-order valence-electron chi connectivity index (χ2n) is 3.12. The molecule has 82 valence electrons. The van der Waals surface area contributed by atoms with Crippen molar-refractivity contribution in [1.82, 2.24) is 0 Å². The highest BCUT2D eigenvalue weighted by Crippen LogP contribution is 2.23. The molecule has 0 aromatic heterocycles. The molecule has 5 atom stereocenters. The van der Waals surface area contributed by atoms with Gasteiger partial charge in [0.1, 0.15) is 18.3 Å². The fourth-order valence-electron chi connectivity index (χ4n) is 1.42. The molecule has 6 nitrogen and oxygen atoms in total. The summed E-state index contributed by atoms with van der Waals surface area (Å²) >= 11 is 0. The highest BCUT2D eigenvalue weighted by atomic mass is 16.7. The molecule has 1 aliphatic rings. The first-order chi connectivity index (χ1) is 6.61. The Balaban J connectivity index is 2.70. The molecule has 0 amide bonds. The summed E-state index contributed by atoms with van der Waals surface area (Å²) in [6.45, 7) is 1.79. The van der Waals surface area contributed by atoms with Crippen LogP contribution in [0, 0.1) is 0 Å². The monoisotopic (exact) mass is 206 g/mol. The summed E-state index contributed by atoms with van der Waals surface area (Å²) in [6, 6.07) is 0. The molecule has 0 aromatic carbocycles. The van der Waals surface area contributed by atoms with Gasteiger partial charge >= 0.3 is 0 Å². The Morgan fingerprint density at radius 2 is 2.00 bits per heavy atom. The minimum atomic E-state index is -1.13. The van der Waals surface area contributed by atoms with Gasteiger partial charge in [-0.2, -0.15) is 0 Å². The normalized spacial score (nSPS) is 43.3. The number of aliphatic hydroxyl groups excluding tert-OH is 2. The number of methoxy groups -OCH3 is 1. The van der Waals surface area contributed by atoms with E-state index in [0.717, 1.165) is 0 Å². The number of carbonyl (C=O) groups excluding carboxylic acids is 1. The zero-order valence-electron chi connectivity index (χ0n) is 7.99. The second kappa shape index (κ2) is 4.70. The lowest BCUT2D eigenvalue weighted by Crippen LogP contribution is -2.57. The molecule has 0 aromatic rings. The predicted octanol–water partition coefficient (Wildman–Crippen LogP) is -1.36. The first-order valence-corrected chi connectivity index (χ1v) is 4.25. The lowest BCUT2D eigenvalue weighted by Gasteiger charge is -2.39. The van der Waals surface area contributed by atoms with E-state index < -0.39 is 30.7 Å². The molecule has 6 heteroatoms. The fourth-order valence-corrected chi connectivity index (χ4v) is 1.42. The molecular weight excluding hydrogens is 192 g/mol. The van der Waals surface area contributed by atoms with Crippen molar-refractivity contribution in [2.45, 2.75) is 37.6 Å². The van der Waals surface area contributed by atoms with E-state index in [0.29, 0.717) is 0 Å². The molecule has 1 saturated heterocycles. The second-order valence-corrected chi connectivity index (χ2v) is 3.12. The van der Waals surface area contributed by atoms with E-state index in [1.807, 2.05) is 0 Å². The van der Waals surface area contributed by atoms with Gasteiger partial charge in [0, 0.05) is 7.11 Å². The minimum absolute atomic E-state index is 0.216. The van der Waals surface area contributed by atoms with Crippen LogP contribution in [-0.2, 0) is 19.0 Å². The molecule has 2 N–H and O–H groups in total. The highest BCUT2D eigenvalue weighted by molar-refractivity contribution is 5.37. The molecular formula is C8H14O6. The van der Waals surface area contributed by atoms with Crippen LogP contribution in [-0.4, -0.2) is 54.5 Å². The van der Waals surface area contributed by atoms with E-state index in [1.54, 1.807) is 6.92 Å². The number of carbonyl (C=O) groups is 1. The zero-order chi connectivity index (χ0) is 10.7. The lowest BCUT2D eigenvalue weighted by molar-refractivity contribution is -0.285. The van der Waals surface area contributed by atoms with Crippen LogP contribution >= 0.6 is 0 Å². The van der Waals surface area contributed by atoms with Gasteiger partial charge in [-0.1, -0.05) is 0 Å². The molecule has 1 rings (SSSR count). The molecule has 1 fully saturated rings. The molecule has 0 spiro atoms. The van der Waals surface area contributed by atoms with Crippen LogP contribution in [0.4, 0.5) is 0 Å². The van der Waals surface area contributed by atoms with Crippen molar-refractivity contribution in [2.24, 2.45) is 0 Å². The standard InChI is InChI=1S/C8H14O6/c1-4-5(10)6(11)7(12-2)8(14-4)13-3-9/h3-8,10-11H,1-2H3. The van der Waals surface area contributed by atoms with Crippen LogP contribution in [0.5, 0.6) is 0 Å². The first-order valence-electron chi connectivity index (χ1n) is 4.25. The van der Waals surface area contributed by atoms with E-state index in [-0.39, 0.29) is 6.47 Å². The Labute approximate surface area is 81.4 Å². The average molecular weight is 206 g/mol. The summed E-state index contributed by atoms with van der Waals surface area (Å²) in [6.07, 6.45) is -4.64. The van der Waals surface area contributed by atoms with E-state index in [1.165, 1.54) is 7.11 Å². The van der Waals surface area contributed by atoms with Crippen LogP contribution in [0.3, 0.4) is 0 Å². The molecule has 5 unspecified atom stereocenters. The van der Waals surface area contributed by atoms with Gasteiger partial charge in [-0.15, -0.1) is 0 Å². The van der Waals surface area contributed by atoms with Gasteiger partial charge in [-0.05, 0) is 6.92 Å². The summed E-state index contributed by atoms with van der Waals surface area (Å²) in [5.74, 6) is 0. The third-order valence-electron chi connectivity index (χ3n) is 2.25. The van der Waals surface area contributed by atoms with Crippen molar-refractivity contribution in [3.05, 3.63) is 0 Å². The Kier molecular flexibility index (Phi) is 3.82. The molecule has 14 heavy (non-hydrogen) atoms. The van der Waals surface area contributed by atoms with Crippen molar-refractivity contribution in [2.75, 3.05) is 7.11 Å². The van der Waals surface area contributed by atoms with E-state index in [2.05, 4.69) is 4.74 Å². The SMILES string of the molecule is COC1C(OC=O)OC(C)C(O)C1O. The molecule has 0 aliphatic carbocycles. The molecule has 1 aliphatic heterocycles. The summed E-state index contributed by atoms with van der Waals surface area (Å²) < 4.78 is 14.6. The number of ether oxygens (including phenoxy) is 3. The molecule has 0 bridgehead atoms. The molecule has 0 saturated carbocycles. The smallest absolute Gasteiger partial charge is 0.295 e. The highest BCUT2D eigenvalue weighted by Gasteiger charge is 2.44. The van der Waals surface area contributed by atoms with Gasteiger partial charge in [0.25, 0.3) is 6.47 Å². The minimum Gasteiger partial charge on any atom is -0.435 e. The maximum atomic E-state index is 10.1. The van der Waals surface area contributed by atoms with Crippen LogP contribution in [0.1, 0.15) is 6.92 Å². The van der Waals surface area contributed by atoms with Gasteiger partial charge < -0.3 is 24.4 Å². The first kappa shape index (κ1) is 11.4. The maximum Gasteiger partial charge on any atom is 0.295 e. The Hall–Kier alpha value is -0.690. The molecule has 0 radical (unpaired) electrons. The zero-order valence-corrected chi connectivity index (χ0v) is 7.99.